The van der Waals surface area contributed by atoms with Crippen molar-refractivity contribution < 1.29 is 9.18 Å². The average Bonchev–Trinajstić information content (AvgIpc) is 3.07. The Bertz CT molecular complexity index is 993. The lowest BCUT2D eigenvalue weighted by molar-refractivity contribution is -0.115. The van der Waals surface area contributed by atoms with Gasteiger partial charge < -0.3 is 5.32 Å². The number of nitrogens with zero attached hydrogens (tertiary/aromatic N) is 3. The fraction of sp³-hybridized carbons (Fsp3) is 0.150. The zero-order chi connectivity index (χ0) is 20.1. The first-order valence-electron chi connectivity index (χ1n) is 8.51. The van der Waals surface area contributed by atoms with Gasteiger partial charge in [0.25, 0.3) is 0 Å². The van der Waals surface area contributed by atoms with Gasteiger partial charge >= 0.3 is 0 Å². The highest BCUT2D eigenvalue weighted by molar-refractivity contribution is 8.00. The Kier molecular flexibility index (Phi) is 6.49. The van der Waals surface area contributed by atoms with E-state index in [-0.39, 0.29) is 10.9 Å². The van der Waals surface area contributed by atoms with E-state index in [0.717, 1.165) is 11.6 Å². The van der Waals surface area contributed by atoms with Gasteiger partial charge in [-0.15, -0.1) is 16.8 Å². The number of hydrogen-bond donors (Lipinski definition) is 1. The van der Waals surface area contributed by atoms with Crippen LogP contribution in [0.3, 0.4) is 0 Å². The van der Waals surface area contributed by atoms with Crippen molar-refractivity contribution in [2.75, 3.05) is 5.32 Å². The third-order valence-corrected chi connectivity index (χ3v) is 5.29. The van der Waals surface area contributed by atoms with Gasteiger partial charge in [-0.25, -0.2) is 4.39 Å². The second-order valence-electron chi connectivity index (χ2n) is 5.94. The molecule has 1 heterocycles. The predicted molar refractivity (Wildman–Crippen MR) is 111 cm³/mol. The highest BCUT2D eigenvalue weighted by Gasteiger charge is 2.21. The molecule has 1 atom stereocenters. The van der Waals surface area contributed by atoms with Crippen molar-refractivity contribution in [3.8, 4) is 11.4 Å². The molecule has 8 heteroatoms. The topological polar surface area (TPSA) is 59.8 Å². The number of anilines is 1. The van der Waals surface area contributed by atoms with Crippen LogP contribution in [-0.2, 0) is 11.3 Å². The lowest BCUT2D eigenvalue weighted by Crippen LogP contribution is -2.23. The summed E-state index contributed by atoms with van der Waals surface area (Å²) in [6, 6.07) is 13.5. The molecule has 0 radical (unpaired) electrons. The summed E-state index contributed by atoms with van der Waals surface area (Å²) < 4.78 is 15.1. The quantitative estimate of drug-likeness (QED) is 0.433. The number of rotatable bonds is 7. The molecule has 0 saturated heterocycles. The number of carbonyl (C=O) groups excluding carboxylic acids is 1. The Morgan fingerprint density at radius 3 is 2.75 bits per heavy atom. The highest BCUT2D eigenvalue weighted by atomic mass is 35.5. The normalized spacial score (nSPS) is 11.8. The van der Waals surface area contributed by atoms with E-state index in [1.165, 1.54) is 23.9 Å². The molecular weight excluding hydrogens is 399 g/mol. The molecule has 0 bridgehead atoms. The van der Waals surface area contributed by atoms with Gasteiger partial charge in [-0.2, -0.15) is 0 Å². The van der Waals surface area contributed by atoms with Crippen LogP contribution in [0.25, 0.3) is 11.4 Å². The summed E-state index contributed by atoms with van der Waals surface area (Å²) in [7, 11) is 0. The predicted octanol–water partition coefficient (Wildman–Crippen LogP) is 5.04. The van der Waals surface area contributed by atoms with Crippen molar-refractivity contribution in [1.82, 2.24) is 14.8 Å². The molecule has 1 amide bonds. The fourth-order valence-corrected chi connectivity index (χ4v) is 3.58. The van der Waals surface area contributed by atoms with Crippen LogP contribution >= 0.6 is 23.4 Å². The van der Waals surface area contributed by atoms with Crippen molar-refractivity contribution in [2.24, 2.45) is 0 Å². The van der Waals surface area contributed by atoms with E-state index in [2.05, 4.69) is 22.1 Å². The molecule has 0 aliphatic heterocycles. The summed E-state index contributed by atoms with van der Waals surface area (Å²) in [5.41, 5.74) is 1.29. The standard InChI is InChI=1S/C20H18ClFN4OS/c1-3-11-26-18(14-7-5-4-6-8-14)24-25-20(26)28-13(2)19(27)23-17-10-9-15(22)12-16(17)21/h3-10,12-13H,1,11H2,2H3,(H,23,27)/t13-/m1/s1. The lowest BCUT2D eigenvalue weighted by atomic mass is 10.2. The van der Waals surface area contributed by atoms with Gasteiger partial charge in [-0.3, -0.25) is 9.36 Å². The molecule has 0 aliphatic carbocycles. The van der Waals surface area contributed by atoms with E-state index in [9.17, 15) is 9.18 Å². The minimum atomic E-state index is -0.475. The SMILES string of the molecule is C=CCn1c(S[C@H](C)C(=O)Nc2ccc(F)cc2Cl)nnc1-c1ccccc1. The average molecular weight is 417 g/mol. The Morgan fingerprint density at radius 2 is 2.07 bits per heavy atom. The van der Waals surface area contributed by atoms with Crippen molar-refractivity contribution in [2.45, 2.75) is 23.9 Å². The molecule has 1 N–H and O–H groups in total. The first kappa shape index (κ1) is 20.1. The van der Waals surface area contributed by atoms with E-state index >= 15 is 0 Å². The number of benzene rings is 2. The fourth-order valence-electron chi connectivity index (χ4n) is 2.51. The summed E-state index contributed by atoms with van der Waals surface area (Å²) in [4.78, 5) is 12.5. The largest absolute Gasteiger partial charge is 0.324 e. The molecule has 0 saturated carbocycles. The smallest absolute Gasteiger partial charge is 0.237 e. The Morgan fingerprint density at radius 1 is 1.32 bits per heavy atom. The van der Waals surface area contributed by atoms with Gasteiger partial charge in [0.15, 0.2) is 11.0 Å². The second-order valence-corrected chi connectivity index (χ2v) is 7.66. The molecule has 0 spiro atoms. The molecule has 3 aromatic rings. The van der Waals surface area contributed by atoms with E-state index in [1.54, 1.807) is 13.0 Å². The maximum Gasteiger partial charge on any atom is 0.237 e. The number of amides is 1. The summed E-state index contributed by atoms with van der Waals surface area (Å²) in [5.74, 6) is -0.0264. The van der Waals surface area contributed by atoms with Crippen LogP contribution in [0, 0.1) is 5.82 Å². The molecule has 1 aromatic heterocycles. The van der Waals surface area contributed by atoms with Gasteiger partial charge in [0.1, 0.15) is 5.82 Å². The molecule has 2 aromatic carbocycles. The molecule has 28 heavy (non-hydrogen) atoms. The van der Waals surface area contributed by atoms with Crippen molar-refractivity contribution in [3.05, 3.63) is 72.0 Å². The van der Waals surface area contributed by atoms with Crippen LogP contribution in [0.4, 0.5) is 10.1 Å². The zero-order valence-electron chi connectivity index (χ0n) is 15.1. The maximum atomic E-state index is 13.2. The first-order chi connectivity index (χ1) is 13.5. The third-order valence-electron chi connectivity index (χ3n) is 3.90. The molecule has 144 valence electrons. The second kappa shape index (κ2) is 9.03. The minimum Gasteiger partial charge on any atom is -0.324 e. The van der Waals surface area contributed by atoms with Crippen LogP contribution in [0.1, 0.15) is 6.92 Å². The van der Waals surface area contributed by atoms with Crippen LogP contribution < -0.4 is 5.32 Å². The molecular formula is C20H18ClFN4OS. The van der Waals surface area contributed by atoms with E-state index in [4.69, 9.17) is 11.6 Å². The third kappa shape index (κ3) is 4.61. The zero-order valence-corrected chi connectivity index (χ0v) is 16.7. The Labute approximate surface area is 171 Å². The highest BCUT2D eigenvalue weighted by Crippen LogP contribution is 2.28. The molecule has 0 aliphatic rings. The van der Waals surface area contributed by atoms with Crippen molar-refractivity contribution in [1.29, 1.82) is 0 Å². The molecule has 0 unspecified atom stereocenters. The van der Waals surface area contributed by atoms with Gasteiger partial charge in [-0.05, 0) is 25.1 Å². The van der Waals surface area contributed by atoms with E-state index in [1.807, 2.05) is 34.9 Å². The van der Waals surface area contributed by atoms with Gasteiger partial charge in [0.2, 0.25) is 5.91 Å². The summed E-state index contributed by atoms with van der Waals surface area (Å²) in [5, 5.41) is 11.5. The lowest BCUT2D eigenvalue weighted by Gasteiger charge is -2.13. The summed E-state index contributed by atoms with van der Waals surface area (Å²) in [6.45, 7) is 6.06. The summed E-state index contributed by atoms with van der Waals surface area (Å²) in [6.07, 6.45) is 1.75. The van der Waals surface area contributed by atoms with Crippen LogP contribution in [-0.4, -0.2) is 25.9 Å². The van der Waals surface area contributed by atoms with Gasteiger partial charge in [0, 0.05) is 12.1 Å². The number of nitrogens with one attached hydrogen (secondary N) is 1. The molecule has 0 fully saturated rings. The molecule has 5 nitrogen and oxygen atoms in total. The van der Waals surface area contributed by atoms with E-state index < -0.39 is 11.1 Å². The van der Waals surface area contributed by atoms with Crippen LogP contribution in [0.15, 0.2) is 66.3 Å². The number of aromatic nitrogens is 3. The minimum absolute atomic E-state index is 0.145. The number of carbonyl (C=O) groups is 1. The Balaban J connectivity index is 1.78. The van der Waals surface area contributed by atoms with Crippen LogP contribution in [0.5, 0.6) is 0 Å². The van der Waals surface area contributed by atoms with Crippen molar-refractivity contribution >= 4 is 35.0 Å². The number of hydrogen-bond acceptors (Lipinski definition) is 4. The first-order valence-corrected chi connectivity index (χ1v) is 9.77. The number of halogens is 2. The Hall–Kier alpha value is -2.64. The van der Waals surface area contributed by atoms with Crippen molar-refractivity contribution in [3.63, 3.8) is 0 Å². The number of thioether (sulfide) groups is 1. The van der Waals surface area contributed by atoms with Crippen LogP contribution in [0.2, 0.25) is 5.02 Å². The van der Waals surface area contributed by atoms with Gasteiger partial charge in [0.05, 0.1) is 16.0 Å². The van der Waals surface area contributed by atoms with E-state index in [0.29, 0.717) is 23.2 Å². The van der Waals surface area contributed by atoms with Gasteiger partial charge in [-0.1, -0.05) is 59.8 Å². The molecule has 3 rings (SSSR count). The summed E-state index contributed by atoms with van der Waals surface area (Å²) >= 11 is 7.25. The number of allylic oxidation sites excluding steroid dienone is 1. The maximum absolute atomic E-state index is 13.2. The monoisotopic (exact) mass is 416 g/mol.